The molecular weight excluding hydrogens is 276 g/mol. The van der Waals surface area contributed by atoms with Gasteiger partial charge in [-0.05, 0) is 30.2 Å². The van der Waals surface area contributed by atoms with E-state index in [1.54, 1.807) is 24.3 Å². The molecule has 5 heteroatoms. The summed E-state index contributed by atoms with van der Waals surface area (Å²) >= 11 is 0. The van der Waals surface area contributed by atoms with Gasteiger partial charge in [0.25, 0.3) is 0 Å². The van der Waals surface area contributed by atoms with Gasteiger partial charge in [0.15, 0.2) is 0 Å². The van der Waals surface area contributed by atoms with Crippen molar-refractivity contribution in [1.29, 1.82) is 0 Å². The Morgan fingerprint density at radius 3 is 2.73 bits per heavy atom. The van der Waals surface area contributed by atoms with Crippen LogP contribution in [0.2, 0.25) is 0 Å². The van der Waals surface area contributed by atoms with Crippen molar-refractivity contribution < 1.29 is 4.79 Å². The molecule has 2 aromatic rings. The van der Waals surface area contributed by atoms with Crippen molar-refractivity contribution in [3.05, 3.63) is 60.4 Å². The molecule has 0 saturated carbocycles. The number of anilines is 1. The molecule has 0 bridgehead atoms. The lowest BCUT2D eigenvalue weighted by Gasteiger charge is -2.18. The van der Waals surface area contributed by atoms with Crippen molar-refractivity contribution >= 4 is 11.7 Å². The third kappa shape index (κ3) is 5.44. The fraction of sp³-hybridized carbons (Fsp3) is 0.294. The molecule has 0 aliphatic heterocycles. The van der Waals surface area contributed by atoms with Gasteiger partial charge >= 0.3 is 6.03 Å². The Hall–Kier alpha value is -2.56. The molecule has 0 saturated heterocycles. The van der Waals surface area contributed by atoms with Gasteiger partial charge in [0.2, 0.25) is 0 Å². The summed E-state index contributed by atoms with van der Waals surface area (Å²) in [5.41, 5.74) is 2.10. The first kappa shape index (κ1) is 15.8. The molecule has 22 heavy (non-hydrogen) atoms. The van der Waals surface area contributed by atoms with Crippen LogP contribution in [-0.4, -0.2) is 36.1 Å². The maximum Gasteiger partial charge on any atom is 0.317 e. The predicted molar refractivity (Wildman–Crippen MR) is 88.7 cm³/mol. The number of carbonyl (C=O) groups is 1. The quantitative estimate of drug-likeness (QED) is 0.773. The van der Waals surface area contributed by atoms with Crippen LogP contribution in [0.4, 0.5) is 10.5 Å². The Bertz CT molecular complexity index is 559. The van der Waals surface area contributed by atoms with Crippen molar-refractivity contribution in [1.82, 2.24) is 15.2 Å². The van der Waals surface area contributed by atoms with Crippen LogP contribution >= 0.6 is 0 Å². The van der Waals surface area contributed by atoms with E-state index in [4.69, 9.17) is 0 Å². The number of para-hydroxylation sites is 1. The van der Waals surface area contributed by atoms with Gasteiger partial charge in [0.05, 0.1) is 0 Å². The fourth-order valence-electron chi connectivity index (χ4n) is 2.02. The molecule has 2 amide bonds. The normalized spacial score (nSPS) is 10.0. The molecule has 0 aliphatic rings. The van der Waals surface area contributed by atoms with Gasteiger partial charge in [-0.2, -0.15) is 0 Å². The summed E-state index contributed by atoms with van der Waals surface area (Å²) in [4.78, 5) is 17.7. The van der Waals surface area contributed by atoms with Gasteiger partial charge in [-0.15, -0.1) is 0 Å². The maximum atomic E-state index is 12.0. The second-order valence-corrected chi connectivity index (χ2v) is 5.09. The van der Waals surface area contributed by atoms with E-state index in [9.17, 15) is 4.79 Å². The van der Waals surface area contributed by atoms with Crippen LogP contribution in [0.25, 0.3) is 0 Å². The summed E-state index contributed by atoms with van der Waals surface area (Å²) in [6.45, 7) is 2.04. The minimum absolute atomic E-state index is 0.0661. The molecule has 0 unspecified atom stereocenters. The van der Waals surface area contributed by atoms with Gasteiger partial charge in [0, 0.05) is 44.8 Å². The highest BCUT2D eigenvalue weighted by atomic mass is 16.2. The molecular formula is C17H22N4O. The average Bonchev–Trinajstić information content (AvgIpc) is 2.58. The Kier molecular flexibility index (Phi) is 6.23. The Morgan fingerprint density at radius 1 is 1.18 bits per heavy atom. The summed E-state index contributed by atoms with van der Waals surface area (Å²) < 4.78 is 0. The van der Waals surface area contributed by atoms with Crippen LogP contribution in [0.3, 0.4) is 0 Å². The minimum atomic E-state index is -0.0661. The summed E-state index contributed by atoms with van der Waals surface area (Å²) in [5.74, 6) is 0. The van der Waals surface area contributed by atoms with Gasteiger partial charge in [-0.1, -0.05) is 24.3 Å². The first-order valence-corrected chi connectivity index (χ1v) is 7.42. The van der Waals surface area contributed by atoms with E-state index >= 15 is 0 Å². The Balaban J connectivity index is 1.62. The zero-order chi connectivity index (χ0) is 15.6. The molecule has 116 valence electrons. The third-order valence-electron chi connectivity index (χ3n) is 3.29. The van der Waals surface area contributed by atoms with E-state index in [-0.39, 0.29) is 6.03 Å². The number of hydrogen-bond acceptors (Lipinski definition) is 3. The molecule has 2 rings (SSSR count). The SMILES string of the molecule is CN(CCCNc1ccccc1)C(=O)NCc1cccnc1. The zero-order valence-electron chi connectivity index (χ0n) is 12.8. The van der Waals surface area contributed by atoms with Crippen molar-refractivity contribution in [2.24, 2.45) is 0 Å². The number of urea groups is 1. The molecule has 0 fully saturated rings. The Morgan fingerprint density at radius 2 is 2.00 bits per heavy atom. The second-order valence-electron chi connectivity index (χ2n) is 5.09. The number of nitrogens with one attached hydrogen (secondary N) is 2. The zero-order valence-corrected chi connectivity index (χ0v) is 12.8. The second kappa shape index (κ2) is 8.67. The van der Waals surface area contributed by atoms with Crippen LogP contribution in [-0.2, 0) is 6.54 Å². The highest BCUT2D eigenvalue weighted by molar-refractivity contribution is 5.73. The lowest BCUT2D eigenvalue weighted by molar-refractivity contribution is 0.208. The molecule has 5 nitrogen and oxygen atoms in total. The largest absolute Gasteiger partial charge is 0.385 e. The number of aromatic nitrogens is 1. The number of pyridine rings is 1. The number of benzene rings is 1. The molecule has 0 spiro atoms. The molecule has 0 aliphatic carbocycles. The smallest absolute Gasteiger partial charge is 0.317 e. The van der Waals surface area contributed by atoms with Crippen LogP contribution in [0.15, 0.2) is 54.9 Å². The van der Waals surface area contributed by atoms with Gasteiger partial charge in [-0.25, -0.2) is 4.79 Å². The monoisotopic (exact) mass is 298 g/mol. The van der Waals surface area contributed by atoms with E-state index in [0.29, 0.717) is 13.1 Å². The van der Waals surface area contributed by atoms with E-state index in [2.05, 4.69) is 15.6 Å². The van der Waals surface area contributed by atoms with E-state index in [0.717, 1.165) is 24.2 Å². The first-order valence-electron chi connectivity index (χ1n) is 7.42. The van der Waals surface area contributed by atoms with Gasteiger partial charge < -0.3 is 15.5 Å². The summed E-state index contributed by atoms with van der Waals surface area (Å²) in [6.07, 6.45) is 4.37. The van der Waals surface area contributed by atoms with Crippen molar-refractivity contribution in [2.75, 3.05) is 25.5 Å². The van der Waals surface area contributed by atoms with Crippen LogP contribution in [0.1, 0.15) is 12.0 Å². The number of nitrogens with zero attached hydrogens (tertiary/aromatic N) is 2. The Labute approximate surface area is 131 Å². The predicted octanol–water partition coefficient (Wildman–Crippen LogP) is 2.73. The lowest BCUT2D eigenvalue weighted by atomic mass is 10.3. The van der Waals surface area contributed by atoms with Crippen LogP contribution in [0.5, 0.6) is 0 Å². The maximum absolute atomic E-state index is 12.0. The molecule has 1 aromatic heterocycles. The number of amides is 2. The van der Waals surface area contributed by atoms with Crippen LogP contribution in [0, 0.1) is 0 Å². The minimum Gasteiger partial charge on any atom is -0.385 e. The highest BCUT2D eigenvalue weighted by Gasteiger charge is 2.07. The van der Waals surface area contributed by atoms with Crippen molar-refractivity contribution in [3.63, 3.8) is 0 Å². The third-order valence-corrected chi connectivity index (χ3v) is 3.29. The number of hydrogen-bond donors (Lipinski definition) is 2. The lowest BCUT2D eigenvalue weighted by Crippen LogP contribution is -2.37. The standard InChI is InChI=1S/C17H22N4O/c1-21(12-6-11-19-16-8-3-2-4-9-16)17(22)20-14-15-7-5-10-18-13-15/h2-5,7-10,13,19H,6,11-12,14H2,1H3,(H,20,22). The van der Waals surface area contributed by atoms with Crippen LogP contribution < -0.4 is 10.6 Å². The average molecular weight is 298 g/mol. The molecule has 2 N–H and O–H groups in total. The van der Waals surface area contributed by atoms with Crippen molar-refractivity contribution in [3.8, 4) is 0 Å². The summed E-state index contributed by atoms with van der Waals surface area (Å²) in [6, 6.07) is 13.8. The molecule has 0 atom stereocenters. The molecule has 0 radical (unpaired) electrons. The summed E-state index contributed by atoms with van der Waals surface area (Å²) in [7, 11) is 1.81. The number of rotatable bonds is 7. The topological polar surface area (TPSA) is 57.3 Å². The summed E-state index contributed by atoms with van der Waals surface area (Å²) in [5, 5.41) is 6.21. The van der Waals surface area contributed by atoms with E-state index < -0.39 is 0 Å². The highest BCUT2D eigenvalue weighted by Crippen LogP contribution is 2.04. The van der Waals surface area contributed by atoms with Crippen molar-refractivity contribution in [2.45, 2.75) is 13.0 Å². The fourth-order valence-corrected chi connectivity index (χ4v) is 2.02. The van der Waals surface area contributed by atoms with Gasteiger partial charge in [0.1, 0.15) is 0 Å². The number of carbonyl (C=O) groups excluding carboxylic acids is 1. The molecule has 1 heterocycles. The van der Waals surface area contributed by atoms with Gasteiger partial charge in [-0.3, -0.25) is 4.98 Å². The van der Waals surface area contributed by atoms with E-state index in [1.165, 1.54) is 0 Å². The first-order chi connectivity index (χ1) is 10.8. The van der Waals surface area contributed by atoms with E-state index in [1.807, 2.05) is 42.5 Å². The molecule has 1 aromatic carbocycles.